The van der Waals surface area contributed by atoms with Crippen molar-refractivity contribution in [1.29, 1.82) is 0 Å². The molecule has 7 nitrogen and oxygen atoms in total. The zero-order valence-corrected chi connectivity index (χ0v) is 15.9. The Balaban J connectivity index is 2.51. The van der Waals surface area contributed by atoms with E-state index < -0.39 is 10.0 Å². The average molecular weight is 370 g/mol. The molecule has 0 aliphatic rings. The summed E-state index contributed by atoms with van der Waals surface area (Å²) < 4.78 is 34.7. The van der Waals surface area contributed by atoms with Gasteiger partial charge in [0.05, 0.1) is 20.5 Å². The van der Waals surface area contributed by atoms with E-state index in [1.165, 1.54) is 16.6 Å². The largest absolute Gasteiger partial charge is 0.497 e. The molecule has 0 fully saturated rings. The first kappa shape index (κ1) is 21.0. The number of nitrogens with zero attached hydrogens (tertiary/aromatic N) is 1. The highest BCUT2D eigenvalue weighted by atomic mass is 32.2. The van der Waals surface area contributed by atoms with Crippen LogP contribution in [0.1, 0.15) is 18.9 Å². The van der Waals surface area contributed by atoms with Crippen molar-refractivity contribution in [3.63, 3.8) is 0 Å². The van der Waals surface area contributed by atoms with Gasteiger partial charge in [-0.1, -0.05) is 6.92 Å². The van der Waals surface area contributed by atoms with E-state index in [-0.39, 0.29) is 5.91 Å². The lowest BCUT2D eigenvalue weighted by atomic mass is 10.1. The summed E-state index contributed by atoms with van der Waals surface area (Å²) in [7, 11) is -0.0732. The monoisotopic (exact) mass is 370 g/mol. The van der Waals surface area contributed by atoms with E-state index in [9.17, 15) is 13.2 Å². The van der Waals surface area contributed by atoms with Crippen molar-refractivity contribution in [3.05, 3.63) is 29.8 Å². The van der Waals surface area contributed by atoms with Gasteiger partial charge < -0.3 is 14.8 Å². The van der Waals surface area contributed by atoms with Gasteiger partial charge in [0.25, 0.3) is 0 Å². The van der Waals surface area contributed by atoms with Crippen LogP contribution >= 0.6 is 0 Å². The molecule has 0 atom stereocenters. The first-order valence-corrected chi connectivity index (χ1v) is 9.79. The van der Waals surface area contributed by atoms with Gasteiger partial charge in [0.1, 0.15) is 11.5 Å². The number of hydrogen-bond acceptors (Lipinski definition) is 5. The van der Waals surface area contributed by atoms with Crippen LogP contribution in [0.2, 0.25) is 0 Å². The minimum atomic E-state index is -3.19. The maximum absolute atomic E-state index is 11.9. The third kappa shape index (κ3) is 7.15. The molecule has 0 aliphatic heterocycles. The van der Waals surface area contributed by atoms with Crippen molar-refractivity contribution < 1.29 is 22.7 Å². The maximum Gasteiger partial charge on any atom is 0.244 e. The van der Waals surface area contributed by atoms with Crippen LogP contribution in [0.5, 0.6) is 11.5 Å². The van der Waals surface area contributed by atoms with E-state index in [4.69, 9.17) is 9.47 Å². The van der Waals surface area contributed by atoms with Gasteiger partial charge >= 0.3 is 0 Å². The number of carbonyl (C=O) groups excluding carboxylic acids is 1. The second-order valence-electron chi connectivity index (χ2n) is 5.34. The fourth-order valence-corrected chi connectivity index (χ4v) is 3.14. The Bertz CT molecular complexity index is 701. The molecule has 0 unspecified atom stereocenters. The molecule has 0 heterocycles. The van der Waals surface area contributed by atoms with Crippen LogP contribution < -0.4 is 14.8 Å². The standard InChI is InChI=1S/C17H26N2O5S/c1-5-19(25(4,21)22)12-6-11-18-17(20)10-8-14-7-9-15(23-2)13-16(14)24-3/h7-10,13H,5-6,11-12H2,1-4H3,(H,18,20). The molecule has 0 aromatic heterocycles. The summed E-state index contributed by atoms with van der Waals surface area (Å²) in [6.07, 6.45) is 4.80. The summed E-state index contributed by atoms with van der Waals surface area (Å²) >= 11 is 0. The summed E-state index contributed by atoms with van der Waals surface area (Å²) in [6.45, 7) is 2.98. The van der Waals surface area contributed by atoms with Gasteiger partial charge in [-0.15, -0.1) is 0 Å². The predicted octanol–water partition coefficient (Wildman–Crippen LogP) is 1.50. The number of methoxy groups -OCH3 is 2. The number of rotatable bonds is 10. The Hall–Kier alpha value is -2.06. The van der Waals surface area contributed by atoms with Crippen molar-refractivity contribution in [2.75, 3.05) is 40.1 Å². The van der Waals surface area contributed by atoms with Gasteiger partial charge in [-0.05, 0) is 24.6 Å². The van der Waals surface area contributed by atoms with Gasteiger partial charge in [0.2, 0.25) is 15.9 Å². The second-order valence-corrected chi connectivity index (χ2v) is 7.32. The quantitative estimate of drug-likeness (QED) is 0.498. The molecule has 1 N–H and O–H groups in total. The zero-order valence-electron chi connectivity index (χ0n) is 15.1. The number of nitrogens with one attached hydrogen (secondary N) is 1. The smallest absolute Gasteiger partial charge is 0.244 e. The first-order chi connectivity index (χ1) is 11.8. The van der Waals surface area contributed by atoms with Crippen LogP contribution in [0, 0.1) is 0 Å². The van der Waals surface area contributed by atoms with Gasteiger partial charge in [0, 0.05) is 37.3 Å². The highest BCUT2D eigenvalue weighted by molar-refractivity contribution is 7.88. The Kier molecular flexibility index (Phi) is 8.44. The number of carbonyl (C=O) groups is 1. The summed E-state index contributed by atoms with van der Waals surface area (Å²) in [6, 6.07) is 5.32. The molecule has 0 saturated heterocycles. The third-order valence-corrected chi connectivity index (χ3v) is 4.94. The topological polar surface area (TPSA) is 84.9 Å². The highest BCUT2D eigenvalue weighted by Crippen LogP contribution is 2.25. The van der Waals surface area contributed by atoms with Gasteiger partial charge in [-0.25, -0.2) is 12.7 Å². The Labute approximate surface area is 149 Å². The van der Waals surface area contributed by atoms with E-state index in [0.717, 1.165) is 5.56 Å². The molecule has 0 spiro atoms. The van der Waals surface area contributed by atoms with Crippen LogP contribution in [0.25, 0.3) is 6.08 Å². The highest BCUT2D eigenvalue weighted by Gasteiger charge is 2.13. The molecule has 1 amide bonds. The van der Waals surface area contributed by atoms with Gasteiger partial charge in [-0.2, -0.15) is 0 Å². The van der Waals surface area contributed by atoms with E-state index in [2.05, 4.69) is 5.32 Å². The molecule has 25 heavy (non-hydrogen) atoms. The lowest BCUT2D eigenvalue weighted by Gasteiger charge is -2.17. The van der Waals surface area contributed by atoms with Crippen molar-refractivity contribution in [1.82, 2.24) is 9.62 Å². The van der Waals surface area contributed by atoms with Crippen molar-refractivity contribution in [2.45, 2.75) is 13.3 Å². The number of sulfonamides is 1. The number of amides is 1. The van der Waals surface area contributed by atoms with E-state index in [1.54, 1.807) is 45.4 Å². The molecule has 1 aromatic carbocycles. The average Bonchev–Trinajstić information content (AvgIpc) is 2.58. The molecule has 1 aromatic rings. The maximum atomic E-state index is 11.9. The molecular weight excluding hydrogens is 344 g/mol. The van der Waals surface area contributed by atoms with Crippen LogP contribution in [0.3, 0.4) is 0 Å². The molecular formula is C17H26N2O5S. The van der Waals surface area contributed by atoms with Crippen molar-refractivity contribution in [2.24, 2.45) is 0 Å². The second kappa shape index (κ2) is 10.0. The fraction of sp³-hybridized carbons (Fsp3) is 0.471. The Morgan fingerprint density at radius 2 is 2.00 bits per heavy atom. The number of ether oxygens (including phenoxy) is 2. The zero-order chi connectivity index (χ0) is 18.9. The van der Waals surface area contributed by atoms with E-state index in [1.807, 2.05) is 0 Å². The summed E-state index contributed by atoms with van der Waals surface area (Å²) in [4.78, 5) is 11.9. The predicted molar refractivity (Wildman–Crippen MR) is 98.3 cm³/mol. The van der Waals surface area contributed by atoms with Crippen LogP contribution in [0.4, 0.5) is 0 Å². The van der Waals surface area contributed by atoms with E-state index >= 15 is 0 Å². The Morgan fingerprint density at radius 3 is 2.56 bits per heavy atom. The number of hydrogen-bond donors (Lipinski definition) is 1. The van der Waals surface area contributed by atoms with Gasteiger partial charge in [-0.3, -0.25) is 4.79 Å². The van der Waals surface area contributed by atoms with E-state index in [0.29, 0.717) is 37.6 Å². The summed E-state index contributed by atoms with van der Waals surface area (Å²) in [5, 5.41) is 2.73. The summed E-state index contributed by atoms with van der Waals surface area (Å²) in [5.41, 5.74) is 0.757. The van der Waals surface area contributed by atoms with Crippen LogP contribution in [0.15, 0.2) is 24.3 Å². The molecule has 1 rings (SSSR count). The molecule has 0 bridgehead atoms. The minimum absolute atomic E-state index is 0.250. The van der Waals surface area contributed by atoms with Crippen LogP contribution in [-0.4, -0.2) is 58.7 Å². The fourth-order valence-electron chi connectivity index (χ4n) is 2.21. The molecule has 0 saturated carbocycles. The van der Waals surface area contributed by atoms with Crippen molar-refractivity contribution in [3.8, 4) is 11.5 Å². The molecule has 0 aliphatic carbocycles. The van der Waals surface area contributed by atoms with Gasteiger partial charge in [0.15, 0.2) is 0 Å². The first-order valence-electron chi connectivity index (χ1n) is 7.94. The number of benzene rings is 1. The van der Waals surface area contributed by atoms with Crippen LogP contribution in [-0.2, 0) is 14.8 Å². The SMILES string of the molecule is CCN(CCCNC(=O)C=Cc1ccc(OC)cc1OC)S(C)(=O)=O. The molecule has 8 heteroatoms. The van der Waals surface area contributed by atoms with Crippen molar-refractivity contribution >= 4 is 22.0 Å². The molecule has 140 valence electrons. The lowest BCUT2D eigenvalue weighted by molar-refractivity contribution is -0.116. The Morgan fingerprint density at radius 1 is 1.28 bits per heavy atom. The lowest BCUT2D eigenvalue weighted by Crippen LogP contribution is -2.33. The summed E-state index contributed by atoms with van der Waals surface area (Å²) in [5.74, 6) is 1.03. The third-order valence-electron chi connectivity index (χ3n) is 3.56. The minimum Gasteiger partial charge on any atom is -0.497 e. The normalized spacial score (nSPS) is 11.7. The molecule has 0 radical (unpaired) electrons.